The van der Waals surface area contributed by atoms with Gasteiger partial charge in [-0.3, -0.25) is 0 Å². The number of fused-ring (bicyclic) bond motifs is 1. The first kappa shape index (κ1) is 13.2. The lowest BCUT2D eigenvalue weighted by Crippen LogP contribution is -1.97. The Kier molecular flexibility index (Phi) is 3.36. The number of rotatable bonds is 3. The number of hydrogen-bond donors (Lipinski definition) is 2. The van der Waals surface area contributed by atoms with Crippen LogP contribution in [-0.4, -0.2) is 12.1 Å². The Balaban J connectivity index is 1.98. The summed E-state index contributed by atoms with van der Waals surface area (Å²) in [6.07, 6.45) is 0. The summed E-state index contributed by atoms with van der Waals surface area (Å²) in [4.78, 5) is 4.59. The molecule has 106 valence electrons. The van der Waals surface area contributed by atoms with E-state index in [1.807, 2.05) is 55.5 Å². The largest absolute Gasteiger partial charge is 0.495 e. The number of nitrogen functional groups attached to an aromatic ring is 1. The van der Waals surface area contributed by atoms with Crippen molar-refractivity contribution in [2.75, 3.05) is 18.2 Å². The molecule has 0 atom stereocenters. The molecule has 2 aromatic carbocycles. The third-order valence-corrected chi connectivity index (χ3v) is 3.33. The van der Waals surface area contributed by atoms with Gasteiger partial charge in [0.1, 0.15) is 11.6 Å². The molecule has 0 aliphatic carbocycles. The van der Waals surface area contributed by atoms with E-state index in [-0.39, 0.29) is 0 Å². The van der Waals surface area contributed by atoms with E-state index in [1.165, 1.54) is 0 Å². The van der Waals surface area contributed by atoms with Gasteiger partial charge in [-0.05, 0) is 55.0 Å². The molecule has 1 heterocycles. The van der Waals surface area contributed by atoms with Gasteiger partial charge in [-0.25, -0.2) is 4.98 Å². The summed E-state index contributed by atoms with van der Waals surface area (Å²) >= 11 is 0. The number of hydrogen-bond acceptors (Lipinski definition) is 4. The number of ether oxygens (including phenoxy) is 1. The van der Waals surface area contributed by atoms with E-state index < -0.39 is 0 Å². The van der Waals surface area contributed by atoms with Crippen LogP contribution in [0.5, 0.6) is 5.75 Å². The zero-order chi connectivity index (χ0) is 14.8. The van der Waals surface area contributed by atoms with Crippen LogP contribution in [0.4, 0.5) is 17.2 Å². The molecular formula is C17H17N3O. The lowest BCUT2D eigenvalue weighted by atomic mass is 10.2. The summed E-state index contributed by atoms with van der Waals surface area (Å²) in [5.74, 6) is 1.57. The molecule has 3 N–H and O–H groups in total. The number of aromatic nitrogens is 1. The lowest BCUT2D eigenvalue weighted by Gasteiger charge is -2.12. The van der Waals surface area contributed by atoms with Gasteiger partial charge in [0, 0.05) is 11.1 Å². The van der Waals surface area contributed by atoms with E-state index in [9.17, 15) is 0 Å². The third kappa shape index (κ3) is 2.74. The Labute approximate surface area is 123 Å². The minimum Gasteiger partial charge on any atom is -0.495 e. The first-order valence-corrected chi connectivity index (χ1v) is 6.74. The van der Waals surface area contributed by atoms with Crippen molar-refractivity contribution in [1.82, 2.24) is 4.98 Å². The quantitative estimate of drug-likeness (QED) is 0.714. The van der Waals surface area contributed by atoms with Crippen LogP contribution in [0.25, 0.3) is 10.9 Å². The van der Waals surface area contributed by atoms with E-state index in [0.717, 1.165) is 39.4 Å². The number of benzene rings is 2. The van der Waals surface area contributed by atoms with Gasteiger partial charge >= 0.3 is 0 Å². The molecular weight excluding hydrogens is 262 g/mol. The minimum atomic E-state index is 0.741. The smallest absolute Gasteiger partial charge is 0.142 e. The van der Waals surface area contributed by atoms with Crippen molar-refractivity contribution in [3.63, 3.8) is 0 Å². The zero-order valence-corrected chi connectivity index (χ0v) is 12.1. The van der Waals surface area contributed by atoms with Gasteiger partial charge < -0.3 is 15.8 Å². The molecule has 0 aliphatic heterocycles. The molecule has 0 radical (unpaired) electrons. The molecule has 21 heavy (non-hydrogen) atoms. The second-order valence-corrected chi connectivity index (χ2v) is 4.98. The molecule has 0 fully saturated rings. The van der Waals surface area contributed by atoms with Crippen LogP contribution in [0.3, 0.4) is 0 Å². The first-order chi connectivity index (χ1) is 10.2. The van der Waals surface area contributed by atoms with Crippen molar-refractivity contribution >= 4 is 28.1 Å². The van der Waals surface area contributed by atoms with E-state index in [0.29, 0.717) is 0 Å². The number of methoxy groups -OCH3 is 1. The van der Waals surface area contributed by atoms with Crippen LogP contribution in [0.15, 0.2) is 48.5 Å². The highest BCUT2D eigenvalue weighted by Gasteiger charge is 2.05. The Morgan fingerprint density at radius 3 is 2.71 bits per heavy atom. The zero-order valence-electron chi connectivity index (χ0n) is 12.1. The summed E-state index contributed by atoms with van der Waals surface area (Å²) in [7, 11) is 1.66. The van der Waals surface area contributed by atoms with Crippen LogP contribution in [-0.2, 0) is 0 Å². The molecule has 3 rings (SSSR count). The Morgan fingerprint density at radius 1 is 1.05 bits per heavy atom. The summed E-state index contributed by atoms with van der Waals surface area (Å²) < 4.78 is 5.37. The number of nitrogens with zero attached hydrogens (tertiary/aromatic N) is 1. The highest BCUT2D eigenvalue weighted by molar-refractivity contribution is 5.84. The lowest BCUT2D eigenvalue weighted by molar-refractivity contribution is 0.416. The average Bonchev–Trinajstić information content (AvgIpc) is 2.48. The number of anilines is 3. The second-order valence-electron chi connectivity index (χ2n) is 4.98. The van der Waals surface area contributed by atoms with Crippen LogP contribution >= 0.6 is 0 Å². The number of nitrogens with two attached hydrogens (primary N) is 1. The third-order valence-electron chi connectivity index (χ3n) is 3.33. The molecule has 0 spiro atoms. The average molecular weight is 279 g/mol. The van der Waals surface area contributed by atoms with Gasteiger partial charge in [-0.1, -0.05) is 6.07 Å². The van der Waals surface area contributed by atoms with Gasteiger partial charge in [0.15, 0.2) is 0 Å². The topological polar surface area (TPSA) is 60.2 Å². The van der Waals surface area contributed by atoms with Crippen LogP contribution in [0.1, 0.15) is 5.56 Å². The molecule has 4 nitrogen and oxygen atoms in total. The van der Waals surface area contributed by atoms with Crippen molar-refractivity contribution in [1.29, 1.82) is 0 Å². The Hall–Kier alpha value is -2.75. The Morgan fingerprint density at radius 2 is 1.90 bits per heavy atom. The summed E-state index contributed by atoms with van der Waals surface area (Å²) in [6, 6.07) is 15.6. The van der Waals surface area contributed by atoms with Crippen LogP contribution < -0.4 is 15.8 Å². The van der Waals surface area contributed by atoms with Crippen molar-refractivity contribution in [2.24, 2.45) is 0 Å². The van der Waals surface area contributed by atoms with Gasteiger partial charge in [-0.2, -0.15) is 0 Å². The SMILES string of the molecule is COc1ccc(C)cc1Nc1ccc2cc(N)ccc2n1. The predicted molar refractivity (Wildman–Crippen MR) is 87.2 cm³/mol. The van der Waals surface area contributed by atoms with Gasteiger partial charge in [0.25, 0.3) is 0 Å². The van der Waals surface area contributed by atoms with Gasteiger partial charge in [0.2, 0.25) is 0 Å². The Bertz CT molecular complexity index is 799. The normalized spacial score (nSPS) is 10.6. The van der Waals surface area contributed by atoms with Crippen molar-refractivity contribution < 1.29 is 4.74 Å². The number of pyridine rings is 1. The maximum Gasteiger partial charge on any atom is 0.142 e. The maximum atomic E-state index is 5.78. The molecule has 1 aromatic heterocycles. The fraction of sp³-hybridized carbons (Fsp3) is 0.118. The fourth-order valence-electron chi connectivity index (χ4n) is 2.27. The van der Waals surface area contributed by atoms with Crippen molar-refractivity contribution in [3.05, 3.63) is 54.1 Å². The molecule has 0 saturated carbocycles. The van der Waals surface area contributed by atoms with E-state index >= 15 is 0 Å². The number of nitrogens with one attached hydrogen (secondary N) is 1. The molecule has 0 saturated heterocycles. The van der Waals surface area contributed by atoms with Gasteiger partial charge in [-0.15, -0.1) is 0 Å². The van der Waals surface area contributed by atoms with E-state index in [1.54, 1.807) is 7.11 Å². The molecule has 0 amide bonds. The minimum absolute atomic E-state index is 0.741. The maximum absolute atomic E-state index is 5.78. The highest BCUT2D eigenvalue weighted by atomic mass is 16.5. The molecule has 0 aliphatic rings. The summed E-state index contributed by atoms with van der Waals surface area (Å²) in [6.45, 7) is 2.04. The highest BCUT2D eigenvalue weighted by Crippen LogP contribution is 2.28. The standard InChI is InChI=1S/C17H17N3O/c1-11-3-7-16(21-2)15(9-11)20-17-8-4-12-10-13(18)5-6-14(12)19-17/h3-10H,18H2,1-2H3,(H,19,20). The first-order valence-electron chi connectivity index (χ1n) is 6.74. The van der Waals surface area contributed by atoms with Crippen molar-refractivity contribution in [3.8, 4) is 5.75 Å². The van der Waals surface area contributed by atoms with Gasteiger partial charge in [0.05, 0.1) is 18.3 Å². The van der Waals surface area contributed by atoms with E-state index in [4.69, 9.17) is 10.5 Å². The number of aryl methyl sites for hydroxylation is 1. The van der Waals surface area contributed by atoms with Crippen LogP contribution in [0, 0.1) is 6.92 Å². The monoisotopic (exact) mass is 279 g/mol. The predicted octanol–water partition coefficient (Wildman–Crippen LogP) is 3.88. The molecule has 0 bridgehead atoms. The van der Waals surface area contributed by atoms with Crippen LogP contribution in [0.2, 0.25) is 0 Å². The second kappa shape index (κ2) is 5.32. The molecule has 3 aromatic rings. The van der Waals surface area contributed by atoms with E-state index in [2.05, 4.69) is 10.3 Å². The molecule has 0 unspecified atom stereocenters. The molecule has 4 heteroatoms. The van der Waals surface area contributed by atoms with Crippen molar-refractivity contribution in [2.45, 2.75) is 6.92 Å². The summed E-state index contributed by atoms with van der Waals surface area (Å²) in [5.41, 5.74) is 9.49. The summed E-state index contributed by atoms with van der Waals surface area (Å²) in [5, 5.41) is 4.33. The fourth-order valence-corrected chi connectivity index (χ4v) is 2.27.